The van der Waals surface area contributed by atoms with Gasteiger partial charge in [0.2, 0.25) is 0 Å². The topological polar surface area (TPSA) is 20.3 Å². The number of aldehydes is 1. The van der Waals surface area contributed by atoms with Gasteiger partial charge in [-0.3, -0.25) is 0 Å². The lowest BCUT2D eigenvalue weighted by molar-refractivity contribution is -0.117. The summed E-state index contributed by atoms with van der Waals surface area (Å²) in [5, 5.41) is 0. The van der Waals surface area contributed by atoms with Gasteiger partial charge in [-0.25, -0.2) is 0 Å². The molecule has 0 aliphatic heterocycles. The smallest absolute Gasteiger partial charge is 0.127 e. The van der Waals surface area contributed by atoms with Gasteiger partial charge in [-0.2, -0.15) is 0 Å². The van der Waals surface area contributed by atoms with Gasteiger partial charge in [0.05, 0.1) is 0 Å². The minimum Gasteiger partial charge on any atom is -0.303 e. The molecule has 1 aliphatic rings. The zero-order valence-electron chi connectivity index (χ0n) is 11.5. The monoisotopic (exact) mass is 225 g/mol. The highest BCUT2D eigenvalue weighted by Gasteiger charge is 2.36. The summed E-state index contributed by atoms with van der Waals surface area (Å²) in [5.41, 5.74) is 0.228. The van der Waals surface area contributed by atoms with Gasteiger partial charge in [0.15, 0.2) is 0 Å². The molecule has 2 nitrogen and oxygen atoms in total. The normalized spacial score (nSPS) is 22.4. The second kappa shape index (κ2) is 4.87. The molecule has 0 saturated heterocycles. The van der Waals surface area contributed by atoms with E-state index >= 15 is 0 Å². The van der Waals surface area contributed by atoms with Gasteiger partial charge >= 0.3 is 0 Å². The van der Waals surface area contributed by atoms with Crippen LogP contribution in [0.25, 0.3) is 0 Å². The summed E-state index contributed by atoms with van der Waals surface area (Å²) in [6, 6.07) is 0.505. The number of carbonyl (C=O) groups excluding carboxylic acids is 1. The first kappa shape index (κ1) is 13.7. The third-order valence-corrected chi connectivity index (χ3v) is 4.33. The van der Waals surface area contributed by atoms with Crippen molar-refractivity contribution >= 4 is 6.29 Å². The van der Waals surface area contributed by atoms with E-state index in [4.69, 9.17) is 0 Å². The van der Waals surface area contributed by atoms with Crippen LogP contribution in [0.3, 0.4) is 0 Å². The lowest BCUT2D eigenvalue weighted by atomic mass is 9.83. The Hall–Kier alpha value is -0.370. The maximum atomic E-state index is 11.3. The number of hydrogen-bond donors (Lipinski definition) is 0. The molecule has 1 atom stereocenters. The molecule has 2 heteroatoms. The molecule has 0 N–H and O–H groups in total. The first-order valence-electron chi connectivity index (χ1n) is 6.47. The van der Waals surface area contributed by atoms with E-state index in [1.54, 1.807) is 0 Å². The third kappa shape index (κ3) is 3.07. The highest BCUT2D eigenvalue weighted by Crippen LogP contribution is 2.38. The van der Waals surface area contributed by atoms with Crippen LogP contribution in [0.1, 0.15) is 53.4 Å². The van der Waals surface area contributed by atoms with Crippen LogP contribution in [0, 0.1) is 10.8 Å². The minimum absolute atomic E-state index is 0.0474. The molecule has 0 radical (unpaired) electrons. The first-order chi connectivity index (χ1) is 7.31. The summed E-state index contributed by atoms with van der Waals surface area (Å²) in [7, 11) is 2.15. The quantitative estimate of drug-likeness (QED) is 0.685. The first-order valence-corrected chi connectivity index (χ1v) is 6.47. The van der Waals surface area contributed by atoms with Gasteiger partial charge in [0, 0.05) is 18.0 Å². The molecule has 0 heterocycles. The lowest BCUT2D eigenvalue weighted by Gasteiger charge is -2.39. The summed E-state index contributed by atoms with van der Waals surface area (Å²) in [6.45, 7) is 9.96. The zero-order chi connectivity index (χ0) is 12.4. The van der Waals surface area contributed by atoms with E-state index in [1.165, 1.54) is 19.1 Å². The molecule has 1 saturated carbocycles. The molecule has 0 aromatic carbocycles. The molecule has 1 unspecified atom stereocenters. The maximum Gasteiger partial charge on any atom is 0.127 e. The van der Waals surface area contributed by atoms with Crippen LogP contribution < -0.4 is 0 Å². The molecular weight excluding hydrogens is 198 g/mol. The predicted molar refractivity (Wildman–Crippen MR) is 68.5 cm³/mol. The second-order valence-corrected chi connectivity index (χ2v) is 6.64. The second-order valence-electron chi connectivity index (χ2n) is 6.64. The maximum absolute atomic E-state index is 11.3. The van der Waals surface area contributed by atoms with E-state index < -0.39 is 0 Å². The number of nitrogens with zero attached hydrogens (tertiary/aromatic N) is 1. The van der Waals surface area contributed by atoms with Crippen molar-refractivity contribution < 1.29 is 4.79 Å². The van der Waals surface area contributed by atoms with E-state index in [2.05, 4.69) is 39.6 Å². The van der Waals surface area contributed by atoms with Crippen molar-refractivity contribution in [3.05, 3.63) is 0 Å². The van der Waals surface area contributed by atoms with E-state index in [-0.39, 0.29) is 10.8 Å². The number of hydrogen-bond acceptors (Lipinski definition) is 2. The fourth-order valence-corrected chi connectivity index (χ4v) is 2.69. The van der Waals surface area contributed by atoms with Crippen LogP contribution in [0.2, 0.25) is 0 Å². The SMILES string of the molecule is CC(N(C)CC1(C=O)CCCC1)C(C)(C)C. The fourth-order valence-electron chi connectivity index (χ4n) is 2.69. The van der Waals surface area contributed by atoms with Crippen molar-refractivity contribution in [1.29, 1.82) is 0 Å². The largest absolute Gasteiger partial charge is 0.303 e. The van der Waals surface area contributed by atoms with Gasteiger partial charge in [0.25, 0.3) is 0 Å². The zero-order valence-corrected chi connectivity index (χ0v) is 11.5. The Kier molecular flexibility index (Phi) is 4.17. The van der Waals surface area contributed by atoms with Gasteiger partial charge < -0.3 is 9.69 Å². The Labute approximate surface area is 100 Å². The average Bonchev–Trinajstić information content (AvgIpc) is 2.64. The van der Waals surface area contributed by atoms with Gasteiger partial charge in [-0.1, -0.05) is 33.6 Å². The molecule has 0 aromatic heterocycles. The summed E-state index contributed by atoms with van der Waals surface area (Å²) in [4.78, 5) is 13.7. The van der Waals surface area contributed by atoms with Gasteiger partial charge in [0.1, 0.15) is 6.29 Å². The predicted octanol–water partition coefficient (Wildman–Crippen LogP) is 3.11. The number of rotatable bonds is 4. The summed E-state index contributed by atoms with van der Waals surface area (Å²) >= 11 is 0. The molecule has 94 valence electrons. The number of carbonyl (C=O) groups is 1. The Morgan fingerprint density at radius 3 is 2.19 bits per heavy atom. The summed E-state index contributed by atoms with van der Waals surface area (Å²) < 4.78 is 0. The van der Waals surface area contributed by atoms with Crippen molar-refractivity contribution in [2.24, 2.45) is 10.8 Å². The van der Waals surface area contributed by atoms with Crippen LogP contribution in [-0.2, 0) is 4.79 Å². The van der Waals surface area contributed by atoms with E-state index in [9.17, 15) is 4.79 Å². The van der Waals surface area contributed by atoms with Crippen molar-refractivity contribution in [1.82, 2.24) is 4.90 Å². The van der Waals surface area contributed by atoms with E-state index in [1.807, 2.05) is 0 Å². The van der Waals surface area contributed by atoms with Crippen molar-refractivity contribution in [3.63, 3.8) is 0 Å². The fraction of sp³-hybridized carbons (Fsp3) is 0.929. The van der Waals surface area contributed by atoms with Crippen molar-refractivity contribution in [2.75, 3.05) is 13.6 Å². The highest BCUT2D eigenvalue weighted by atomic mass is 16.1. The van der Waals surface area contributed by atoms with Crippen molar-refractivity contribution in [2.45, 2.75) is 59.4 Å². The molecular formula is C14H27NO. The van der Waals surface area contributed by atoms with E-state index in [0.717, 1.165) is 19.4 Å². The lowest BCUT2D eigenvalue weighted by Crippen LogP contribution is -2.45. The molecule has 0 bridgehead atoms. The van der Waals surface area contributed by atoms with Crippen LogP contribution >= 0.6 is 0 Å². The molecule has 0 spiro atoms. The molecule has 1 aliphatic carbocycles. The molecule has 16 heavy (non-hydrogen) atoms. The Morgan fingerprint density at radius 2 is 1.81 bits per heavy atom. The van der Waals surface area contributed by atoms with Crippen LogP contribution in [0.5, 0.6) is 0 Å². The summed E-state index contributed by atoms with van der Waals surface area (Å²) in [5.74, 6) is 0. The minimum atomic E-state index is -0.0474. The van der Waals surface area contributed by atoms with Crippen LogP contribution in [-0.4, -0.2) is 30.8 Å². The van der Waals surface area contributed by atoms with Crippen LogP contribution in [0.15, 0.2) is 0 Å². The molecule has 1 rings (SSSR count). The van der Waals surface area contributed by atoms with Gasteiger partial charge in [-0.05, 0) is 32.2 Å². The highest BCUT2D eigenvalue weighted by molar-refractivity contribution is 5.60. The van der Waals surface area contributed by atoms with E-state index in [0.29, 0.717) is 6.04 Å². The summed E-state index contributed by atoms with van der Waals surface area (Å²) in [6.07, 6.45) is 5.81. The standard InChI is InChI=1S/C14H27NO/c1-12(13(2,3)4)15(5)10-14(11-16)8-6-7-9-14/h11-12H,6-10H2,1-5H3. The Morgan fingerprint density at radius 1 is 1.31 bits per heavy atom. The third-order valence-electron chi connectivity index (χ3n) is 4.33. The average molecular weight is 225 g/mol. The molecule has 0 amide bonds. The van der Waals surface area contributed by atoms with Crippen molar-refractivity contribution in [3.8, 4) is 0 Å². The van der Waals surface area contributed by atoms with Crippen LogP contribution in [0.4, 0.5) is 0 Å². The Balaban J connectivity index is 2.62. The Bertz CT molecular complexity index is 236. The van der Waals surface area contributed by atoms with Gasteiger partial charge in [-0.15, -0.1) is 0 Å². The molecule has 1 fully saturated rings. The molecule has 0 aromatic rings.